The second kappa shape index (κ2) is 5.88. The second-order valence-electron chi connectivity index (χ2n) is 4.78. The first kappa shape index (κ1) is 14.1. The summed E-state index contributed by atoms with van der Waals surface area (Å²) in [7, 11) is 3.04. The molecule has 21 heavy (non-hydrogen) atoms. The van der Waals surface area contributed by atoms with Gasteiger partial charge < -0.3 is 18.9 Å². The molecule has 1 aromatic rings. The minimum Gasteiger partial charge on any atom is -0.493 e. The predicted molar refractivity (Wildman–Crippen MR) is 73.2 cm³/mol. The number of hydrazine groups is 1. The minimum absolute atomic E-state index is 0.409. The average Bonchev–Trinajstić information content (AvgIpc) is 2.83. The van der Waals surface area contributed by atoms with Crippen molar-refractivity contribution in [2.24, 2.45) is 0 Å². The van der Waals surface area contributed by atoms with E-state index in [1.54, 1.807) is 6.07 Å². The molecule has 0 aromatic heterocycles. The van der Waals surface area contributed by atoms with E-state index < -0.39 is 12.2 Å². The normalized spacial score (nSPS) is 21.8. The molecule has 0 aliphatic carbocycles. The van der Waals surface area contributed by atoms with Gasteiger partial charge in [0, 0.05) is 18.7 Å². The molecule has 1 saturated heterocycles. The maximum Gasteiger partial charge on any atom is 0.344 e. The van der Waals surface area contributed by atoms with E-state index in [0.29, 0.717) is 30.3 Å². The molecule has 2 aliphatic heterocycles. The molecule has 0 radical (unpaired) electrons. The summed E-state index contributed by atoms with van der Waals surface area (Å²) in [5.74, 6) is 0.512. The zero-order chi connectivity index (χ0) is 14.8. The average molecular weight is 294 g/mol. The zero-order valence-corrected chi connectivity index (χ0v) is 12.0. The summed E-state index contributed by atoms with van der Waals surface area (Å²) < 4.78 is 21.2. The predicted octanol–water partition coefficient (Wildman–Crippen LogP) is 0.710. The number of esters is 1. The van der Waals surface area contributed by atoms with Gasteiger partial charge in [0.2, 0.25) is 0 Å². The van der Waals surface area contributed by atoms with Crippen molar-refractivity contribution < 1.29 is 23.7 Å². The lowest BCUT2D eigenvalue weighted by Gasteiger charge is -2.29. The van der Waals surface area contributed by atoms with Gasteiger partial charge in [0.15, 0.2) is 17.7 Å². The third-order valence-corrected chi connectivity index (χ3v) is 3.60. The number of fused-ring (bicyclic) bond motifs is 1. The van der Waals surface area contributed by atoms with E-state index in [4.69, 9.17) is 18.9 Å². The highest BCUT2D eigenvalue weighted by Gasteiger charge is 2.36. The molecule has 1 fully saturated rings. The van der Waals surface area contributed by atoms with E-state index in [0.717, 1.165) is 18.7 Å². The molecule has 7 heteroatoms. The van der Waals surface area contributed by atoms with Gasteiger partial charge in [-0.1, -0.05) is 0 Å². The molecular weight excluding hydrogens is 276 g/mol. The summed E-state index contributed by atoms with van der Waals surface area (Å²) in [4.78, 5) is 12.1. The number of morpholine rings is 1. The van der Waals surface area contributed by atoms with Gasteiger partial charge in [-0.2, -0.15) is 0 Å². The van der Waals surface area contributed by atoms with Crippen LogP contribution in [0.5, 0.6) is 11.5 Å². The Bertz CT molecular complexity index is 542. The van der Waals surface area contributed by atoms with Crippen molar-refractivity contribution >= 4 is 5.97 Å². The number of nitrogens with zero attached hydrogens (tertiary/aromatic N) is 1. The molecule has 0 spiro atoms. The summed E-state index contributed by atoms with van der Waals surface area (Å²) in [5, 5.41) is 1.99. The summed E-state index contributed by atoms with van der Waals surface area (Å²) in [6.07, 6.45) is -0.509. The van der Waals surface area contributed by atoms with Crippen LogP contribution in [-0.2, 0) is 9.47 Å². The van der Waals surface area contributed by atoms with Gasteiger partial charge in [0.05, 0.1) is 27.4 Å². The van der Waals surface area contributed by atoms with Crippen LogP contribution < -0.4 is 14.9 Å². The van der Waals surface area contributed by atoms with E-state index in [9.17, 15) is 4.79 Å². The van der Waals surface area contributed by atoms with Crippen molar-refractivity contribution in [3.05, 3.63) is 23.3 Å². The third kappa shape index (κ3) is 2.55. The van der Waals surface area contributed by atoms with E-state index in [-0.39, 0.29) is 0 Å². The first-order valence-corrected chi connectivity index (χ1v) is 6.79. The number of hydrogen-bond donors (Lipinski definition) is 1. The molecule has 7 nitrogen and oxygen atoms in total. The first-order valence-electron chi connectivity index (χ1n) is 6.79. The number of ether oxygens (including phenoxy) is 4. The maximum absolute atomic E-state index is 12.1. The van der Waals surface area contributed by atoms with Crippen LogP contribution in [0.4, 0.5) is 0 Å². The van der Waals surface area contributed by atoms with Crippen molar-refractivity contribution in [1.29, 1.82) is 0 Å². The van der Waals surface area contributed by atoms with Crippen molar-refractivity contribution in [3.8, 4) is 11.5 Å². The quantitative estimate of drug-likeness (QED) is 0.820. The Kier molecular flexibility index (Phi) is 3.96. The Morgan fingerprint density at radius 2 is 2.00 bits per heavy atom. The minimum atomic E-state index is -0.509. The first-order chi connectivity index (χ1) is 10.2. The molecule has 3 rings (SSSR count). The Hall–Kier alpha value is -1.83. The Morgan fingerprint density at radius 3 is 2.67 bits per heavy atom. The van der Waals surface area contributed by atoms with Crippen LogP contribution >= 0.6 is 0 Å². The highest BCUT2D eigenvalue weighted by molar-refractivity contribution is 5.98. The van der Waals surface area contributed by atoms with Gasteiger partial charge in [-0.05, 0) is 12.1 Å². The fraction of sp³-hybridized carbons (Fsp3) is 0.500. The molecule has 1 N–H and O–H groups in total. The lowest BCUT2D eigenvalue weighted by molar-refractivity contribution is -0.0400. The lowest BCUT2D eigenvalue weighted by atomic mass is 10.1. The Morgan fingerprint density at radius 1 is 1.24 bits per heavy atom. The molecule has 1 unspecified atom stereocenters. The highest BCUT2D eigenvalue weighted by Crippen LogP contribution is 2.40. The van der Waals surface area contributed by atoms with Crippen molar-refractivity contribution in [2.75, 3.05) is 40.5 Å². The van der Waals surface area contributed by atoms with Gasteiger partial charge in [-0.15, -0.1) is 0 Å². The van der Waals surface area contributed by atoms with Crippen molar-refractivity contribution in [1.82, 2.24) is 10.4 Å². The lowest BCUT2D eigenvalue weighted by Crippen LogP contribution is -2.47. The van der Waals surface area contributed by atoms with Crippen LogP contribution in [0, 0.1) is 0 Å². The number of carbonyl (C=O) groups is 1. The molecule has 2 aliphatic rings. The zero-order valence-electron chi connectivity index (χ0n) is 12.0. The van der Waals surface area contributed by atoms with Gasteiger partial charge in [0.1, 0.15) is 5.56 Å². The van der Waals surface area contributed by atoms with Crippen LogP contribution in [0.3, 0.4) is 0 Å². The molecule has 0 bridgehead atoms. The van der Waals surface area contributed by atoms with Gasteiger partial charge in [-0.3, -0.25) is 0 Å². The second-order valence-corrected chi connectivity index (χ2v) is 4.78. The van der Waals surface area contributed by atoms with Gasteiger partial charge >= 0.3 is 5.97 Å². The monoisotopic (exact) mass is 294 g/mol. The standard InChI is InChI=1S/C14H18N2O5/c1-18-10-4-3-9-11(12(10)19-2)14(17)21-13(9)15-16-5-7-20-8-6-16/h3-4,13,15H,5-8H2,1-2H3. The highest BCUT2D eigenvalue weighted by atomic mass is 16.6. The van der Waals surface area contributed by atoms with Crippen LogP contribution in [0.15, 0.2) is 12.1 Å². The summed E-state index contributed by atoms with van der Waals surface area (Å²) in [5.41, 5.74) is 4.38. The van der Waals surface area contributed by atoms with Crippen molar-refractivity contribution in [3.63, 3.8) is 0 Å². The number of benzene rings is 1. The van der Waals surface area contributed by atoms with Crippen LogP contribution in [0.1, 0.15) is 22.1 Å². The summed E-state index contributed by atoms with van der Waals surface area (Å²) in [6, 6.07) is 3.59. The topological polar surface area (TPSA) is 69.3 Å². The van der Waals surface area contributed by atoms with Crippen LogP contribution in [0.25, 0.3) is 0 Å². The van der Waals surface area contributed by atoms with Crippen molar-refractivity contribution in [2.45, 2.75) is 6.23 Å². The van der Waals surface area contributed by atoms with Crippen LogP contribution in [-0.4, -0.2) is 51.5 Å². The largest absolute Gasteiger partial charge is 0.493 e. The Balaban J connectivity index is 1.87. The molecule has 0 amide bonds. The molecule has 114 valence electrons. The fourth-order valence-corrected chi connectivity index (χ4v) is 2.55. The summed E-state index contributed by atoms with van der Waals surface area (Å²) in [6.45, 7) is 2.81. The van der Waals surface area contributed by atoms with E-state index in [1.807, 2.05) is 11.1 Å². The molecule has 1 atom stereocenters. The number of rotatable bonds is 4. The Labute approximate surface area is 122 Å². The molecule has 0 saturated carbocycles. The number of carbonyl (C=O) groups excluding carboxylic acids is 1. The number of methoxy groups -OCH3 is 2. The fourth-order valence-electron chi connectivity index (χ4n) is 2.55. The number of hydrogen-bond acceptors (Lipinski definition) is 7. The van der Waals surface area contributed by atoms with Gasteiger partial charge in [0.25, 0.3) is 0 Å². The maximum atomic E-state index is 12.1. The molecule has 1 aromatic carbocycles. The summed E-state index contributed by atoms with van der Waals surface area (Å²) >= 11 is 0. The molecule has 2 heterocycles. The van der Waals surface area contributed by atoms with E-state index >= 15 is 0 Å². The number of cyclic esters (lactones) is 1. The van der Waals surface area contributed by atoms with E-state index in [2.05, 4.69) is 5.43 Å². The smallest absolute Gasteiger partial charge is 0.344 e. The third-order valence-electron chi connectivity index (χ3n) is 3.60. The number of nitrogens with one attached hydrogen (secondary N) is 1. The van der Waals surface area contributed by atoms with Crippen LogP contribution in [0.2, 0.25) is 0 Å². The SMILES string of the molecule is COc1ccc2c(c1OC)C(=O)OC2NN1CCOCC1. The van der Waals surface area contributed by atoms with E-state index in [1.165, 1.54) is 14.2 Å². The molecular formula is C14H18N2O5. The van der Waals surface area contributed by atoms with Gasteiger partial charge in [-0.25, -0.2) is 15.2 Å².